The molecular weight excluding hydrogens is 368 g/mol. The van der Waals surface area contributed by atoms with E-state index in [1.165, 1.54) is 0 Å². The van der Waals surface area contributed by atoms with Crippen LogP contribution in [0.5, 0.6) is 0 Å². The van der Waals surface area contributed by atoms with Gasteiger partial charge in [-0.15, -0.1) is 0 Å². The number of nitrogens with zero attached hydrogens (tertiary/aromatic N) is 3. The molecule has 1 fully saturated rings. The van der Waals surface area contributed by atoms with Gasteiger partial charge >= 0.3 is 0 Å². The highest BCUT2D eigenvalue weighted by Gasteiger charge is 2.25. The summed E-state index contributed by atoms with van der Waals surface area (Å²) >= 11 is 0. The van der Waals surface area contributed by atoms with Crippen LogP contribution in [0.1, 0.15) is 36.7 Å². The van der Waals surface area contributed by atoms with Crippen molar-refractivity contribution < 1.29 is 9.59 Å². The van der Waals surface area contributed by atoms with E-state index in [9.17, 15) is 9.59 Å². The van der Waals surface area contributed by atoms with Gasteiger partial charge < -0.3 is 16.0 Å². The Hall–Kier alpha value is -3.73. The Bertz CT molecular complexity index is 993. The lowest BCUT2D eigenvalue weighted by molar-refractivity contribution is -0.129. The molecule has 0 spiro atoms. The maximum absolute atomic E-state index is 12.5. The van der Waals surface area contributed by atoms with Gasteiger partial charge in [-0.1, -0.05) is 5.92 Å². The normalized spacial score (nSPS) is 15.3. The van der Waals surface area contributed by atoms with Gasteiger partial charge in [0.25, 0.3) is 5.91 Å². The number of amides is 2. The zero-order valence-corrected chi connectivity index (χ0v) is 16.1. The number of nitrogens with two attached hydrogens (primary N) is 1. The lowest BCUT2D eigenvalue weighted by atomic mass is 10.0. The van der Waals surface area contributed by atoms with E-state index < -0.39 is 5.91 Å². The highest BCUT2D eigenvalue weighted by atomic mass is 16.2. The van der Waals surface area contributed by atoms with E-state index in [-0.39, 0.29) is 24.2 Å². The van der Waals surface area contributed by atoms with Gasteiger partial charge in [0.05, 0.1) is 6.54 Å². The summed E-state index contributed by atoms with van der Waals surface area (Å²) < 4.78 is 0. The Morgan fingerprint density at radius 1 is 1.31 bits per heavy atom. The molecule has 2 amide bonds. The Morgan fingerprint density at radius 2 is 2.07 bits per heavy atom. The maximum Gasteiger partial charge on any atom is 0.267 e. The van der Waals surface area contributed by atoms with Crippen molar-refractivity contribution >= 4 is 23.2 Å². The van der Waals surface area contributed by atoms with Crippen LogP contribution in [0, 0.1) is 17.3 Å². The molecule has 1 atom stereocenters. The van der Waals surface area contributed by atoms with Crippen molar-refractivity contribution in [3.63, 3.8) is 0 Å². The quantitative estimate of drug-likeness (QED) is 0.522. The van der Waals surface area contributed by atoms with Crippen LogP contribution in [-0.2, 0) is 9.59 Å². The van der Waals surface area contributed by atoms with E-state index in [1.807, 2.05) is 11.8 Å². The average molecular weight is 390 g/mol. The molecule has 1 aliphatic rings. The van der Waals surface area contributed by atoms with E-state index in [0.717, 1.165) is 19.4 Å². The smallest absolute Gasteiger partial charge is 0.267 e. The van der Waals surface area contributed by atoms with Gasteiger partial charge in [0, 0.05) is 41.8 Å². The molecule has 1 aliphatic heterocycles. The number of aromatic nitrogens is 2. The van der Waals surface area contributed by atoms with Crippen LogP contribution < -0.4 is 11.1 Å². The summed E-state index contributed by atoms with van der Waals surface area (Å²) in [7, 11) is 0. The molecule has 0 aliphatic carbocycles. The van der Waals surface area contributed by atoms with E-state index in [2.05, 4.69) is 27.1 Å². The summed E-state index contributed by atoms with van der Waals surface area (Å²) in [6.45, 7) is 2.86. The number of hydrogen-bond donors (Lipinski definition) is 3. The van der Waals surface area contributed by atoms with Crippen LogP contribution in [0.25, 0.3) is 0 Å². The third-order valence-corrected chi connectivity index (χ3v) is 4.72. The lowest BCUT2D eigenvalue weighted by Gasteiger charge is -2.22. The minimum absolute atomic E-state index is 0.0170. The molecule has 0 bridgehead atoms. The molecule has 1 unspecified atom stereocenters. The van der Waals surface area contributed by atoms with E-state index in [1.54, 1.807) is 36.7 Å². The summed E-state index contributed by atoms with van der Waals surface area (Å²) in [6, 6.07) is 6.93. The third kappa shape index (κ3) is 4.96. The first kappa shape index (κ1) is 20.0. The fourth-order valence-corrected chi connectivity index (χ4v) is 3.18. The first-order valence-electron chi connectivity index (χ1n) is 9.31. The van der Waals surface area contributed by atoms with E-state index >= 15 is 0 Å². The fourth-order valence-electron chi connectivity index (χ4n) is 3.18. The number of carbonyl (C=O) groups is 2. The Kier molecular flexibility index (Phi) is 6.19. The van der Waals surface area contributed by atoms with E-state index in [4.69, 9.17) is 11.1 Å². The van der Waals surface area contributed by atoms with Gasteiger partial charge in [-0.25, -0.2) is 9.97 Å². The van der Waals surface area contributed by atoms with Crippen LogP contribution in [0.2, 0.25) is 0 Å². The molecular formula is C21H22N6O2. The molecule has 29 heavy (non-hydrogen) atoms. The van der Waals surface area contributed by atoms with Gasteiger partial charge in [-0.2, -0.15) is 0 Å². The molecule has 148 valence electrons. The second-order valence-electron chi connectivity index (χ2n) is 6.75. The molecule has 1 aromatic heterocycles. The number of carbonyl (C=O) groups excluding carboxylic acids is 2. The molecule has 4 N–H and O–H groups in total. The molecule has 1 saturated heterocycles. The van der Waals surface area contributed by atoms with Crippen molar-refractivity contribution in [3.8, 4) is 11.8 Å². The molecule has 1 aromatic carbocycles. The highest BCUT2D eigenvalue weighted by Crippen LogP contribution is 2.20. The molecule has 2 aromatic rings. The molecule has 2 heterocycles. The molecule has 3 rings (SSSR count). The average Bonchev–Trinajstić information content (AvgIpc) is 3.17. The van der Waals surface area contributed by atoms with Crippen molar-refractivity contribution in [1.82, 2.24) is 14.9 Å². The summed E-state index contributed by atoms with van der Waals surface area (Å²) in [5.41, 5.74) is 6.30. The summed E-state index contributed by atoms with van der Waals surface area (Å²) in [5.74, 6) is 5.23. The predicted octanol–water partition coefficient (Wildman–Crippen LogP) is 1.15. The summed E-state index contributed by atoms with van der Waals surface area (Å²) in [5, 5.41) is 11.1. The maximum atomic E-state index is 12.5. The topological polar surface area (TPSA) is 125 Å². The molecule has 8 nitrogen and oxygen atoms in total. The van der Waals surface area contributed by atoms with Gasteiger partial charge in [-0.05, 0) is 50.0 Å². The number of benzene rings is 1. The van der Waals surface area contributed by atoms with E-state index in [0.29, 0.717) is 22.6 Å². The Labute approximate surface area is 169 Å². The summed E-state index contributed by atoms with van der Waals surface area (Å²) in [4.78, 5) is 33.9. The lowest BCUT2D eigenvalue weighted by Crippen LogP contribution is -2.37. The first-order valence-corrected chi connectivity index (χ1v) is 9.31. The number of likely N-dealkylation sites (tertiary alicyclic amines) is 1. The Balaban J connectivity index is 1.81. The summed E-state index contributed by atoms with van der Waals surface area (Å²) in [6.07, 6.45) is 5.19. The molecule has 0 saturated carbocycles. The van der Waals surface area contributed by atoms with Crippen molar-refractivity contribution in [2.75, 3.05) is 18.4 Å². The largest absolute Gasteiger partial charge is 0.376 e. The Morgan fingerprint density at radius 3 is 2.72 bits per heavy atom. The van der Waals surface area contributed by atoms with Gasteiger partial charge in [0.1, 0.15) is 5.71 Å². The minimum Gasteiger partial charge on any atom is -0.376 e. The SMILES string of the molecule is CC1CCCN1C(=O)CNc1ccc(C#Cc2ncccn2)cc1C(=N)C(N)=O. The van der Waals surface area contributed by atoms with Crippen LogP contribution in [0.4, 0.5) is 5.69 Å². The zero-order chi connectivity index (χ0) is 20.8. The predicted molar refractivity (Wildman–Crippen MR) is 109 cm³/mol. The van der Waals surface area contributed by atoms with Crippen molar-refractivity contribution in [2.45, 2.75) is 25.8 Å². The number of hydrogen-bond acceptors (Lipinski definition) is 6. The highest BCUT2D eigenvalue weighted by molar-refractivity contribution is 6.44. The van der Waals surface area contributed by atoms with Crippen molar-refractivity contribution in [2.24, 2.45) is 5.73 Å². The standard InChI is InChI=1S/C21H22N6O2/c1-14-4-2-11-27(14)19(28)13-26-17-7-5-15(12-16(17)20(22)21(23)29)6-8-18-24-9-3-10-25-18/h3,5,7,9-10,12,14,22,26H,2,4,11,13H2,1H3,(H2,23,29). The molecule has 8 heteroatoms. The number of primary amides is 1. The van der Waals surface area contributed by atoms with Crippen molar-refractivity contribution in [3.05, 3.63) is 53.6 Å². The minimum atomic E-state index is -0.857. The second kappa shape index (κ2) is 8.97. The van der Waals surface area contributed by atoms with Crippen molar-refractivity contribution in [1.29, 1.82) is 5.41 Å². The van der Waals surface area contributed by atoms with Gasteiger partial charge in [0.2, 0.25) is 11.7 Å². The molecule has 0 radical (unpaired) electrons. The number of nitrogens with one attached hydrogen (secondary N) is 2. The van der Waals surface area contributed by atoms with Crippen LogP contribution in [-0.4, -0.2) is 51.5 Å². The number of anilines is 1. The monoisotopic (exact) mass is 390 g/mol. The van der Waals surface area contributed by atoms with Gasteiger partial charge in [0.15, 0.2) is 0 Å². The van der Waals surface area contributed by atoms with Gasteiger partial charge in [-0.3, -0.25) is 15.0 Å². The fraction of sp³-hybridized carbons (Fsp3) is 0.286. The number of rotatable bonds is 5. The van der Waals surface area contributed by atoms with Crippen LogP contribution in [0.15, 0.2) is 36.7 Å². The second-order valence-corrected chi connectivity index (χ2v) is 6.75. The zero-order valence-electron chi connectivity index (χ0n) is 16.1. The van der Waals surface area contributed by atoms with Crippen LogP contribution >= 0.6 is 0 Å². The van der Waals surface area contributed by atoms with Crippen LogP contribution in [0.3, 0.4) is 0 Å². The third-order valence-electron chi connectivity index (χ3n) is 4.72. The first-order chi connectivity index (χ1) is 14.0.